The van der Waals surface area contributed by atoms with E-state index in [1.54, 1.807) is 0 Å². The van der Waals surface area contributed by atoms with Gasteiger partial charge in [-0.25, -0.2) is 9.97 Å². The summed E-state index contributed by atoms with van der Waals surface area (Å²) in [6.07, 6.45) is 3.91. The van der Waals surface area contributed by atoms with Gasteiger partial charge in [-0.3, -0.25) is 14.1 Å². The number of aromatic nitrogens is 7. The van der Waals surface area contributed by atoms with Crippen LogP contribution in [0.1, 0.15) is 0 Å². The Labute approximate surface area is 527 Å². The molecule has 0 aliphatic heterocycles. The number of hydrogen-bond acceptors (Lipinski definition) is 3. The molecule has 0 bridgehead atoms. The molecular formula is C85H53N7. The van der Waals surface area contributed by atoms with Crippen molar-refractivity contribution in [1.82, 2.24) is 33.2 Å². The van der Waals surface area contributed by atoms with Crippen molar-refractivity contribution in [2.24, 2.45) is 0 Å². The molecule has 0 fully saturated rings. The maximum atomic E-state index is 5.28. The van der Waals surface area contributed by atoms with Gasteiger partial charge in [-0.05, 0) is 142 Å². The van der Waals surface area contributed by atoms with Gasteiger partial charge >= 0.3 is 0 Å². The van der Waals surface area contributed by atoms with Crippen molar-refractivity contribution < 1.29 is 0 Å². The summed E-state index contributed by atoms with van der Waals surface area (Å²) >= 11 is 0. The lowest BCUT2D eigenvalue weighted by Crippen LogP contribution is -1.98. The Morgan fingerprint density at radius 3 is 1.30 bits per heavy atom. The first kappa shape index (κ1) is 51.6. The molecule has 0 spiro atoms. The molecule has 0 aliphatic rings. The molecule has 428 valence electrons. The van der Waals surface area contributed by atoms with Crippen LogP contribution >= 0.6 is 0 Å². The van der Waals surface area contributed by atoms with Crippen molar-refractivity contribution in [2.45, 2.75) is 0 Å². The van der Waals surface area contributed by atoms with E-state index in [1.807, 2.05) is 18.5 Å². The minimum absolute atomic E-state index is 0.906. The molecule has 0 saturated heterocycles. The zero-order valence-corrected chi connectivity index (χ0v) is 49.7. The van der Waals surface area contributed by atoms with E-state index >= 15 is 0 Å². The Morgan fingerprint density at radius 1 is 0.228 bits per heavy atom. The average molecular weight is 1170 g/mol. The van der Waals surface area contributed by atoms with E-state index in [1.165, 1.54) is 109 Å². The molecule has 0 atom stereocenters. The van der Waals surface area contributed by atoms with Gasteiger partial charge in [0, 0.05) is 82.7 Å². The Bertz CT molecular complexity index is 6390. The summed E-state index contributed by atoms with van der Waals surface area (Å²) in [7, 11) is 0. The third-order valence-corrected chi connectivity index (χ3v) is 18.9. The standard InChI is InChI=1S/C43H27N3.C42H26N4/c1-2-11-29(12-3-1)32-20-21-41(35-22-23-44-27-38(32)35)46-40-17-9-7-15-34(40)37-25-42-36(26-43(37)46)33-14-6-8-16-39(33)45(42)31-19-18-28-10-4-5-13-30(28)24-31;1-2-11-27(12-3-1)29-16-10-18-36-30(29)22-24-42(44-36)46-38-20-9-6-15-32(38)34-25-39-33(26-40(34)46)31-14-5-8-19-37(31)45(39)41-23-21-28-13-4-7-17-35(28)43-41/h1-27H;1-26H. The van der Waals surface area contributed by atoms with E-state index in [-0.39, 0.29) is 0 Å². The van der Waals surface area contributed by atoms with Crippen molar-refractivity contribution in [3.8, 4) is 45.3 Å². The lowest BCUT2D eigenvalue weighted by Gasteiger charge is -2.14. The highest BCUT2D eigenvalue weighted by Crippen LogP contribution is 2.44. The molecule has 0 unspecified atom stereocenters. The molecule has 13 aromatic carbocycles. The molecule has 20 aromatic rings. The predicted octanol–water partition coefficient (Wildman–Crippen LogP) is 21.9. The van der Waals surface area contributed by atoms with Crippen LogP contribution in [0.25, 0.3) is 176 Å². The molecule has 0 saturated carbocycles. The van der Waals surface area contributed by atoms with Gasteiger partial charge in [0.2, 0.25) is 0 Å². The molecule has 7 heterocycles. The predicted molar refractivity (Wildman–Crippen MR) is 385 cm³/mol. The third-order valence-electron chi connectivity index (χ3n) is 18.9. The second kappa shape index (κ2) is 20.6. The fraction of sp³-hybridized carbons (Fsp3) is 0. The van der Waals surface area contributed by atoms with Gasteiger partial charge in [0.1, 0.15) is 11.6 Å². The van der Waals surface area contributed by atoms with E-state index < -0.39 is 0 Å². The summed E-state index contributed by atoms with van der Waals surface area (Å²) in [5.74, 6) is 1.82. The van der Waals surface area contributed by atoms with Gasteiger partial charge in [0.25, 0.3) is 0 Å². The molecule has 7 aromatic heterocycles. The summed E-state index contributed by atoms with van der Waals surface area (Å²) < 4.78 is 9.50. The third kappa shape index (κ3) is 7.99. The van der Waals surface area contributed by atoms with Gasteiger partial charge in [-0.15, -0.1) is 0 Å². The van der Waals surface area contributed by atoms with E-state index in [2.05, 4.69) is 327 Å². The zero-order chi connectivity index (χ0) is 60.4. The minimum Gasteiger partial charge on any atom is -0.309 e. The maximum absolute atomic E-state index is 5.28. The summed E-state index contributed by atoms with van der Waals surface area (Å²) in [4.78, 5) is 15.0. The van der Waals surface area contributed by atoms with Gasteiger partial charge in [0.15, 0.2) is 0 Å². The molecule has 0 N–H and O–H groups in total. The average Bonchev–Trinajstić information content (AvgIpc) is 1.57. The van der Waals surface area contributed by atoms with Crippen molar-refractivity contribution in [1.29, 1.82) is 0 Å². The number of hydrogen-bond donors (Lipinski definition) is 0. The van der Waals surface area contributed by atoms with Crippen LogP contribution in [0.3, 0.4) is 0 Å². The molecule has 20 rings (SSSR count). The second-order valence-electron chi connectivity index (χ2n) is 23.9. The fourth-order valence-corrected chi connectivity index (χ4v) is 14.8. The summed E-state index contributed by atoms with van der Waals surface area (Å²) in [5.41, 5.74) is 18.4. The number of nitrogens with zero attached hydrogens (tertiary/aromatic N) is 7. The monoisotopic (exact) mass is 1170 g/mol. The smallest absolute Gasteiger partial charge is 0.138 e. The van der Waals surface area contributed by atoms with E-state index in [0.29, 0.717) is 0 Å². The van der Waals surface area contributed by atoms with E-state index in [9.17, 15) is 0 Å². The largest absolute Gasteiger partial charge is 0.309 e. The van der Waals surface area contributed by atoms with Crippen LogP contribution < -0.4 is 0 Å². The SMILES string of the molecule is c1ccc(-c2ccc(-n3c4ccccc4c4cc5c(cc43)c3ccccc3n5-c3ccc4ccccc4c3)c3ccncc23)cc1.c1ccc(-c2cccc3nc(-n4c5ccccc5c5cc6c(cc54)c4ccccc4n6-c4ccc5ccccc5n4)ccc23)cc1. The summed E-state index contributed by atoms with van der Waals surface area (Å²) in [6, 6.07) is 111. The van der Waals surface area contributed by atoms with Crippen LogP contribution in [0, 0.1) is 0 Å². The first-order chi connectivity index (χ1) is 45.6. The minimum atomic E-state index is 0.906. The van der Waals surface area contributed by atoms with Crippen LogP contribution in [0.2, 0.25) is 0 Å². The molecule has 7 heteroatoms. The highest BCUT2D eigenvalue weighted by Gasteiger charge is 2.23. The zero-order valence-electron chi connectivity index (χ0n) is 49.7. The van der Waals surface area contributed by atoms with Gasteiger partial charge in [0.05, 0.1) is 60.9 Å². The Morgan fingerprint density at radius 2 is 0.685 bits per heavy atom. The molecule has 92 heavy (non-hydrogen) atoms. The van der Waals surface area contributed by atoms with Gasteiger partial charge in [-0.2, -0.15) is 0 Å². The first-order valence-electron chi connectivity index (χ1n) is 31.3. The van der Waals surface area contributed by atoms with Crippen LogP contribution in [0.5, 0.6) is 0 Å². The van der Waals surface area contributed by atoms with Crippen LogP contribution in [-0.4, -0.2) is 33.2 Å². The fourth-order valence-electron chi connectivity index (χ4n) is 14.8. The second-order valence-corrected chi connectivity index (χ2v) is 23.9. The van der Waals surface area contributed by atoms with Gasteiger partial charge < -0.3 is 9.13 Å². The number of para-hydroxylation sites is 5. The summed E-state index contributed by atoms with van der Waals surface area (Å²) in [5, 5.41) is 16.8. The van der Waals surface area contributed by atoms with E-state index in [0.717, 1.165) is 66.6 Å². The van der Waals surface area contributed by atoms with Gasteiger partial charge in [-0.1, -0.05) is 200 Å². The van der Waals surface area contributed by atoms with Crippen molar-refractivity contribution in [2.75, 3.05) is 0 Å². The lowest BCUT2D eigenvalue weighted by molar-refractivity contribution is 1.10. The lowest BCUT2D eigenvalue weighted by atomic mass is 9.98. The Balaban J connectivity index is 0.000000132. The highest BCUT2D eigenvalue weighted by atomic mass is 15.1. The molecular weight excluding hydrogens is 1120 g/mol. The molecule has 0 amide bonds. The Hall–Kier alpha value is -12.5. The number of pyridine rings is 3. The van der Waals surface area contributed by atoms with E-state index in [4.69, 9.17) is 9.97 Å². The summed E-state index contributed by atoms with van der Waals surface area (Å²) in [6.45, 7) is 0. The van der Waals surface area contributed by atoms with Crippen LogP contribution in [0.15, 0.2) is 322 Å². The Kier molecular flexibility index (Phi) is 11.5. The van der Waals surface area contributed by atoms with Crippen LogP contribution in [0.4, 0.5) is 0 Å². The quantitative estimate of drug-likeness (QED) is 0.167. The van der Waals surface area contributed by atoms with Crippen molar-refractivity contribution in [3.05, 3.63) is 322 Å². The molecule has 0 aliphatic carbocycles. The van der Waals surface area contributed by atoms with Crippen LogP contribution in [-0.2, 0) is 0 Å². The highest BCUT2D eigenvalue weighted by molar-refractivity contribution is 6.21. The van der Waals surface area contributed by atoms with Crippen molar-refractivity contribution >= 4 is 131 Å². The molecule has 7 nitrogen and oxygen atoms in total. The normalized spacial score (nSPS) is 11.9. The number of rotatable bonds is 6. The molecule has 0 radical (unpaired) electrons. The van der Waals surface area contributed by atoms with Crippen molar-refractivity contribution in [3.63, 3.8) is 0 Å². The first-order valence-corrected chi connectivity index (χ1v) is 31.3. The number of benzene rings is 13. The number of fused-ring (bicyclic) bond motifs is 16. The maximum Gasteiger partial charge on any atom is 0.138 e. The topological polar surface area (TPSA) is 58.4 Å².